The molecule has 0 aliphatic heterocycles. The topological polar surface area (TPSA) is 94.4 Å². The van der Waals surface area contributed by atoms with Crippen LogP contribution in [-0.2, 0) is 0 Å². The summed E-state index contributed by atoms with van der Waals surface area (Å²) >= 11 is 5.88. The molecular formula is C17H12ClFN4O. The van der Waals surface area contributed by atoms with Gasteiger partial charge in [0.05, 0.1) is 6.20 Å². The molecule has 0 saturated carbocycles. The molecule has 3 aromatic rings. The molecule has 1 amide bonds. The van der Waals surface area contributed by atoms with Crippen molar-refractivity contribution < 1.29 is 9.18 Å². The van der Waals surface area contributed by atoms with E-state index in [1.54, 1.807) is 30.3 Å². The van der Waals surface area contributed by atoms with Crippen LogP contribution in [-0.4, -0.2) is 16.9 Å². The van der Waals surface area contributed by atoms with E-state index in [0.717, 1.165) is 11.6 Å². The van der Waals surface area contributed by atoms with E-state index in [9.17, 15) is 9.18 Å². The fourth-order valence-electron chi connectivity index (χ4n) is 2.44. The summed E-state index contributed by atoms with van der Waals surface area (Å²) in [6, 6.07) is 11.8. The quantitative estimate of drug-likeness (QED) is 0.425. The lowest BCUT2D eigenvalue weighted by Crippen LogP contribution is -2.24. The molecule has 2 aromatic carbocycles. The Kier molecular flexibility index (Phi) is 4.14. The number of aliphatic imine (C=N–C) groups is 1. The average Bonchev–Trinajstić information content (AvgIpc) is 2.55. The third kappa shape index (κ3) is 3.04. The second-order valence-electron chi connectivity index (χ2n) is 5.07. The van der Waals surface area contributed by atoms with E-state index < -0.39 is 11.7 Å². The second-order valence-corrected chi connectivity index (χ2v) is 5.46. The molecule has 0 spiro atoms. The Labute approximate surface area is 141 Å². The lowest BCUT2D eigenvalue weighted by molar-refractivity contribution is 0.100. The van der Waals surface area contributed by atoms with Crippen LogP contribution in [0.2, 0.25) is 5.15 Å². The molecule has 0 atom stereocenters. The van der Waals surface area contributed by atoms with Crippen LogP contribution in [0.1, 0.15) is 10.4 Å². The van der Waals surface area contributed by atoms with Gasteiger partial charge in [0.15, 0.2) is 5.96 Å². The summed E-state index contributed by atoms with van der Waals surface area (Å²) in [7, 11) is 0. The number of nitrogens with zero attached hydrogens (tertiary/aromatic N) is 2. The highest BCUT2D eigenvalue weighted by atomic mass is 35.5. The molecule has 24 heavy (non-hydrogen) atoms. The van der Waals surface area contributed by atoms with E-state index in [0.29, 0.717) is 22.1 Å². The molecule has 1 aromatic heterocycles. The Morgan fingerprint density at radius 1 is 1.12 bits per heavy atom. The summed E-state index contributed by atoms with van der Waals surface area (Å²) in [5, 5.41) is 1.69. The number of guanidine groups is 1. The number of halogens is 2. The van der Waals surface area contributed by atoms with Crippen molar-refractivity contribution >= 4 is 34.2 Å². The number of amides is 1. The normalized spacial score (nSPS) is 10.6. The molecule has 0 fully saturated rings. The molecule has 5 nitrogen and oxygen atoms in total. The minimum atomic E-state index is -0.570. The summed E-state index contributed by atoms with van der Waals surface area (Å²) < 4.78 is 14.2. The number of carbonyl (C=O) groups excluding carboxylic acids is 1. The maximum absolute atomic E-state index is 14.2. The molecule has 120 valence electrons. The molecule has 4 N–H and O–H groups in total. The van der Waals surface area contributed by atoms with E-state index in [4.69, 9.17) is 23.1 Å². The van der Waals surface area contributed by atoms with Crippen molar-refractivity contribution in [3.63, 3.8) is 0 Å². The number of carbonyl (C=O) groups is 1. The minimum Gasteiger partial charge on any atom is -0.370 e. The number of fused-ring (bicyclic) bond motifs is 1. The smallest absolute Gasteiger partial charge is 0.280 e. The Morgan fingerprint density at radius 2 is 1.92 bits per heavy atom. The van der Waals surface area contributed by atoms with E-state index in [1.807, 2.05) is 6.07 Å². The predicted molar refractivity (Wildman–Crippen MR) is 92.3 cm³/mol. The van der Waals surface area contributed by atoms with E-state index >= 15 is 0 Å². The molecule has 0 aliphatic rings. The summed E-state index contributed by atoms with van der Waals surface area (Å²) in [4.78, 5) is 19.2. The summed E-state index contributed by atoms with van der Waals surface area (Å²) in [6.45, 7) is 0. The van der Waals surface area contributed by atoms with Crippen LogP contribution in [0.5, 0.6) is 0 Å². The number of aromatic nitrogens is 1. The number of nitrogens with two attached hydrogens (primary N) is 2. The molecule has 0 saturated heterocycles. The van der Waals surface area contributed by atoms with Crippen molar-refractivity contribution in [3.8, 4) is 11.1 Å². The largest absolute Gasteiger partial charge is 0.370 e. The van der Waals surface area contributed by atoms with E-state index in [2.05, 4.69) is 9.98 Å². The van der Waals surface area contributed by atoms with Crippen molar-refractivity contribution in [1.82, 2.24) is 4.98 Å². The zero-order valence-electron chi connectivity index (χ0n) is 12.3. The van der Waals surface area contributed by atoms with Crippen molar-refractivity contribution in [3.05, 3.63) is 65.2 Å². The van der Waals surface area contributed by atoms with E-state index in [-0.39, 0.29) is 11.1 Å². The van der Waals surface area contributed by atoms with Crippen LogP contribution in [0, 0.1) is 5.82 Å². The van der Waals surface area contributed by atoms with Crippen LogP contribution in [0.25, 0.3) is 21.9 Å². The van der Waals surface area contributed by atoms with Gasteiger partial charge in [0.2, 0.25) is 0 Å². The van der Waals surface area contributed by atoms with Gasteiger partial charge in [-0.05, 0) is 34.5 Å². The second kappa shape index (κ2) is 6.25. The fraction of sp³-hybridized carbons (Fsp3) is 0. The Morgan fingerprint density at radius 3 is 2.67 bits per heavy atom. The maximum Gasteiger partial charge on any atom is 0.280 e. The fourth-order valence-corrected chi connectivity index (χ4v) is 2.60. The van der Waals surface area contributed by atoms with Crippen molar-refractivity contribution in [1.29, 1.82) is 0 Å². The zero-order valence-corrected chi connectivity index (χ0v) is 13.1. The van der Waals surface area contributed by atoms with Crippen molar-refractivity contribution in [2.24, 2.45) is 16.5 Å². The van der Waals surface area contributed by atoms with Gasteiger partial charge in [0, 0.05) is 11.1 Å². The average molecular weight is 343 g/mol. The van der Waals surface area contributed by atoms with Gasteiger partial charge in [-0.25, -0.2) is 9.37 Å². The third-order valence-electron chi connectivity index (χ3n) is 3.47. The highest BCUT2D eigenvalue weighted by Gasteiger charge is 2.12. The first-order valence-corrected chi connectivity index (χ1v) is 7.31. The van der Waals surface area contributed by atoms with Crippen LogP contribution in [0.4, 0.5) is 4.39 Å². The van der Waals surface area contributed by atoms with Gasteiger partial charge in [-0.1, -0.05) is 35.9 Å². The van der Waals surface area contributed by atoms with Crippen molar-refractivity contribution in [2.75, 3.05) is 0 Å². The van der Waals surface area contributed by atoms with Gasteiger partial charge in [-0.2, -0.15) is 4.99 Å². The Balaban J connectivity index is 2.24. The zero-order chi connectivity index (χ0) is 17.3. The van der Waals surface area contributed by atoms with Gasteiger partial charge in [-0.3, -0.25) is 4.79 Å². The summed E-state index contributed by atoms with van der Waals surface area (Å²) in [5.74, 6) is -1.40. The number of benzene rings is 2. The number of pyridine rings is 1. The van der Waals surface area contributed by atoms with Gasteiger partial charge in [0.25, 0.3) is 5.91 Å². The molecule has 3 rings (SSSR count). The van der Waals surface area contributed by atoms with Crippen molar-refractivity contribution in [2.45, 2.75) is 0 Å². The molecule has 0 aliphatic carbocycles. The highest BCUT2D eigenvalue weighted by molar-refractivity contribution is 6.29. The number of hydrogen-bond donors (Lipinski definition) is 2. The van der Waals surface area contributed by atoms with E-state index in [1.165, 1.54) is 6.07 Å². The number of rotatable bonds is 2. The molecule has 0 unspecified atom stereocenters. The van der Waals surface area contributed by atoms with Crippen LogP contribution in [0.3, 0.4) is 0 Å². The molecule has 7 heteroatoms. The van der Waals surface area contributed by atoms with Gasteiger partial charge in [0.1, 0.15) is 11.0 Å². The lowest BCUT2D eigenvalue weighted by Gasteiger charge is -2.09. The number of hydrogen-bond acceptors (Lipinski definition) is 2. The Hall–Kier alpha value is -2.99. The first-order valence-electron chi connectivity index (χ1n) is 6.94. The van der Waals surface area contributed by atoms with Gasteiger partial charge in [-0.15, -0.1) is 0 Å². The van der Waals surface area contributed by atoms with Crippen LogP contribution in [0.15, 0.2) is 53.7 Å². The predicted octanol–water partition coefficient (Wildman–Crippen LogP) is 3.11. The SMILES string of the molecule is NC(N)=NC(=O)c1ccc2cccc(-c3cc(Cl)ncc3F)c2c1. The molecule has 0 bridgehead atoms. The monoisotopic (exact) mass is 342 g/mol. The Bertz CT molecular complexity index is 983. The lowest BCUT2D eigenvalue weighted by atomic mass is 9.97. The summed E-state index contributed by atoms with van der Waals surface area (Å²) in [5.41, 5.74) is 11.7. The molecule has 1 heterocycles. The first-order chi connectivity index (χ1) is 11.5. The maximum atomic E-state index is 14.2. The van der Waals surface area contributed by atoms with Crippen LogP contribution < -0.4 is 11.5 Å². The van der Waals surface area contributed by atoms with Gasteiger partial charge >= 0.3 is 0 Å². The van der Waals surface area contributed by atoms with Gasteiger partial charge < -0.3 is 11.5 Å². The molecule has 0 radical (unpaired) electrons. The van der Waals surface area contributed by atoms with Crippen LogP contribution >= 0.6 is 11.6 Å². The summed E-state index contributed by atoms with van der Waals surface area (Å²) in [6.07, 6.45) is 1.06. The highest BCUT2D eigenvalue weighted by Crippen LogP contribution is 2.32. The standard InChI is InChI=1S/C17H12ClFN4O/c18-15-7-13(14(19)8-22-15)11-3-1-2-9-4-5-10(6-12(9)11)16(24)23-17(20)21/h1-8H,(H4,20,21,23,24). The first kappa shape index (κ1) is 15.9. The minimum absolute atomic E-state index is 0.177. The molecular weight excluding hydrogens is 331 g/mol. The third-order valence-corrected chi connectivity index (χ3v) is 3.68.